The number of carbonyl (C=O) groups excluding carboxylic acids is 2. The molecule has 8 rings (SSSR count). The topological polar surface area (TPSA) is 193 Å². The zero-order valence-corrected chi connectivity index (χ0v) is 31.4. The summed E-state index contributed by atoms with van der Waals surface area (Å²) in [4.78, 5) is 26.1. The molecule has 282 valence electrons. The fraction of sp³-hybridized carbons (Fsp3) is 0.0682. The van der Waals surface area contributed by atoms with Gasteiger partial charge in [-0.05, 0) is 120 Å². The summed E-state index contributed by atoms with van der Waals surface area (Å²) in [6, 6.07) is 31.7. The maximum absolute atomic E-state index is 13.5. The Morgan fingerprint density at radius 3 is 2.18 bits per heavy atom. The van der Waals surface area contributed by atoms with E-state index < -0.39 is 0 Å². The Hall–Kier alpha value is -7.93. The lowest BCUT2D eigenvalue weighted by molar-refractivity contribution is 0.261. The van der Waals surface area contributed by atoms with Crippen LogP contribution >= 0.6 is 0 Å². The quantitative estimate of drug-likeness (QED) is 0.0803. The van der Waals surface area contributed by atoms with E-state index in [1.54, 1.807) is 10.6 Å². The molecule has 3 aromatic heterocycles. The number of nitrogens with zero attached hydrogens (tertiary/aromatic N) is 4. The summed E-state index contributed by atoms with van der Waals surface area (Å²) < 4.78 is 1.67. The van der Waals surface area contributed by atoms with Gasteiger partial charge < -0.3 is 32.7 Å². The van der Waals surface area contributed by atoms with Crippen LogP contribution in [-0.4, -0.2) is 37.1 Å². The lowest BCUT2D eigenvalue weighted by Crippen LogP contribution is -2.21. The highest BCUT2D eigenvalue weighted by molar-refractivity contribution is 6.05. The number of hydrogen-bond acceptors (Lipinski definition) is 7. The van der Waals surface area contributed by atoms with E-state index in [4.69, 9.17) is 11.5 Å². The molecule has 0 spiro atoms. The number of aromatic nitrogens is 5. The Morgan fingerprint density at radius 1 is 0.702 bits per heavy atom. The van der Waals surface area contributed by atoms with Gasteiger partial charge in [0.25, 0.3) is 0 Å². The largest absolute Gasteiger partial charge is 0.384 e. The summed E-state index contributed by atoms with van der Waals surface area (Å²) in [6.45, 7) is 9.95. The first kappa shape index (κ1) is 36.1. The average Bonchev–Trinajstić information content (AvgIpc) is 3.78. The minimum atomic E-state index is -0.380. The molecule has 9 N–H and O–H groups in total. The number of hydrogen-bond donors (Lipinski definition) is 7. The minimum absolute atomic E-state index is 0.296. The predicted molar refractivity (Wildman–Crippen MR) is 230 cm³/mol. The van der Waals surface area contributed by atoms with Crippen LogP contribution in [0.25, 0.3) is 55.9 Å². The van der Waals surface area contributed by atoms with Gasteiger partial charge in [-0.2, -0.15) is 5.10 Å². The van der Waals surface area contributed by atoms with Crippen LogP contribution in [0.4, 0.5) is 44.0 Å². The van der Waals surface area contributed by atoms with Crippen molar-refractivity contribution in [3.05, 3.63) is 138 Å². The Labute approximate surface area is 327 Å². The molecule has 8 aromatic rings. The van der Waals surface area contributed by atoms with E-state index in [1.807, 2.05) is 130 Å². The number of para-hydroxylation sites is 1. The molecule has 3 heterocycles. The molecular weight excluding hydrogens is 715 g/mol. The zero-order valence-electron chi connectivity index (χ0n) is 31.4. The molecule has 0 atom stereocenters. The van der Waals surface area contributed by atoms with Crippen LogP contribution in [0.1, 0.15) is 22.3 Å². The Bertz CT molecular complexity index is 2860. The van der Waals surface area contributed by atoms with Crippen LogP contribution in [0.5, 0.6) is 0 Å². The van der Waals surface area contributed by atoms with Gasteiger partial charge in [0, 0.05) is 40.1 Å². The third-order valence-corrected chi connectivity index (χ3v) is 10.0. The minimum Gasteiger partial charge on any atom is -0.384 e. The summed E-state index contributed by atoms with van der Waals surface area (Å²) in [6.07, 6.45) is 3.67. The van der Waals surface area contributed by atoms with Gasteiger partial charge >= 0.3 is 12.1 Å². The number of pyridine rings is 1. The van der Waals surface area contributed by atoms with Gasteiger partial charge in [0.2, 0.25) is 0 Å². The number of fused-ring (bicyclic) bond motifs is 2. The maximum Gasteiger partial charge on any atom is 0.323 e. The van der Waals surface area contributed by atoms with E-state index in [9.17, 15) is 9.59 Å². The third-order valence-electron chi connectivity index (χ3n) is 10.0. The van der Waals surface area contributed by atoms with Gasteiger partial charge in [0.05, 0.1) is 10.9 Å². The van der Waals surface area contributed by atoms with Crippen molar-refractivity contribution in [1.29, 1.82) is 0 Å². The number of nitrogens with one attached hydrogen (secondary N) is 5. The Kier molecular flexibility index (Phi) is 9.31. The van der Waals surface area contributed by atoms with Gasteiger partial charge in [-0.15, -0.1) is 5.10 Å². The van der Waals surface area contributed by atoms with Crippen molar-refractivity contribution >= 4 is 68.9 Å². The molecule has 57 heavy (non-hydrogen) atoms. The molecule has 0 saturated heterocycles. The number of nitrogen functional groups attached to an aromatic ring is 2. The Balaban J connectivity index is 1.03. The highest BCUT2D eigenvalue weighted by atomic mass is 16.2. The number of H-pyrrole nitrogens is 1. The normalized spacial score (nSPS) is 11.1. The third kappa shape index (κ3) is 6.96. The first-order chi connectivity index (χ1) is 27.6. The van der Waals surface area contributed by atoms with E-state index in [-0.39, 0.29) is 12.1 Å². The fourth-order valence-corrected chi connectivity index (χ4v) is 7.18. The predicted octanol–water partition coefficient (Wildman–Crippen LogP) is 9.63. The molecule has 0 radical (unpaired) electrons. The molecule has 0 bridgehead atoms. The maximum atomic E-state index is 13.5. The van der Waals surface area contributed by atoms with Crippen LogP contribution in [0.2, 0.25) is 0 Å². The van der Waals surface area contributed by atoms with Crippen molar-refractivity contribution in [2.45, 2.75) is 20.8 Å². The van der Waals surface area contributed by atoms with Crippen molar-refractivity contribution in [2.24, 2.45) is 0 Å². The van der Waals surface area contributed by atoms with Crippen molar-refractivity contribution in [3.63, 3.8) is 0 Å². The monoisotopic (exact) mass is 753 g/mol. The van der Waals surface area contributed by atoms with E-state index in [0.29, 0.717) is 39.9 Å². The van der Waals surface area contributed by atoms with E-state index in [2.05, 4.69) is 48.4 Å². The van der Waals surface area contributed by atoms with Gasteiger partial charge in [0.15, 0.2) is 5.82 Å². The molecule has 0 aliphatic carbocycles. The number of amides is 4. The summed E-state index contributed by atoms with van der Waals surface area (Å²) in [5.74, 6) is 0.784. The first-order valence-electron chi connectivity index (χ1n) is 18.1. The number of carbonyl (C=O) groups is 2. The SMILES string of the molecule is C=Cc1c(-c2cccc3n[nH]c(N)c23)ccc(NC(=O)Nc2cc(C)c(-c3cc(-c4ccc(NC(=O)Nc5ccccc5)cc4)c4c(N)nnn4c3)cc2C)c1C. The smallest absolute Gasteiger partial charge is 0.323 e. The number of benzene rings is 5. The number of nitrogens with two attached hydrogens (primary N) is 2. The number of aryl methyl sites for hydroxylation is 2. The van der Waals surface area contributed by atoms with Crippen LogP contribution in [0, 0.1) is 20.8 Å². The zero-order chi connectivity index (χ0) is 39.8. The van der Waals surface area contributed by atoms with Crippen LogP contribution in [0.3, 0.4) is 0 Å². The fourth-order valence-electron chi connectivity index (χ4n) is 7.18. The summed E-state index contributed by atoms with van der Waals surface area (Å²) >= 11 is 0. The van der Waals surface area contributed by atoms with Crippen molar-refractivity contribution < 1.29 is 9.59 Å². The molecule has 4 amide bonds. The molecule has 0 aliphatic rings. The second kappa shape index (κ2) is 14.7. The summed E-state index contributed by atoms with van der Waals surface area (Å²) in [5, 5.41) is 28.2. The van der Waals surface area contributed by atoms with E-state index in [1.165, 1.54) is 0 Å². The molecule has 13 heteroatoms. The second-order valence-corrected chi connectivity index (χ2v) is 13.7. The standard InChI is InChI=1S/C44H39N11O2/c1-5-31-26(4)36(19-18-32(31)33-12-9-13-37-39(33)41(45)52-51-37)49-44(57)50-38-21-24(2)34(20-25(38)3)28-22-35(40-42(46)53-54-55(40)23-28)27-14-16-30(17-15-27)48-43(56)47-29-10-7-6-8-11-29/h5-23H,1,46H2,2-4H3,(H3,45,51,52)(H2,47,48,56)(H2,49,50,57). The molecule has 0 saturated carbocycles. The van der Waals surface area contributed by atoms with Crippen LogP contribution < -0.4 is 32.7 Å². The molecular formula is C44H39N11O2. The summed E-state index contributed by atoms with van der Waals surface area (Å²) in [7, 11) is 0. The second-order valence-electron chi connectivity index (χ2n) is 13.7. The molecule has 0 fully saturated rings. The molecule has 13 nitrogen and oxygen atoms in total. The van der Waals surface area contributed by atoms with Gasteiger partial charge in [-0.25, -0.2) is 14.1 Å². The average molecular weight is 754 g/mol. The first-order valence-corrected chi connectivity index (χ1v) is 18.1. The van der Waals surface area contributed by atoms with E-state index >= 15 is 0 Å². The van der Waals surface area contributed by atoms with Crippen molar-refractivity contribution in [2.75, 3.05) is 32.7 Å². The summed E-state index contributed by atoms with van der Waals surface area (Å²) in [5.41, 5.74) is 25.5. The number of anilines is 6. The molecule has 5 aromatic carbocycles. The lowest BCUT2D eigenvalue weighted by Gasteiger charge is -2.18. The van der Waals surface area contributed by atoms with E-state index in [0.717, 1.165) is 66.5 Å². The number of urea groups is 2. The highest BCUT2D eigenvalue weighted by Crippen LogP contribution is 2.38. The molecule has 0 aliphatic heterocycles. The number of aromatic amines is 1. The highest BCUT2D eigenvalue weighted by Gasteiger charge is 2.19. The van der Waals surface area contributed by atoms with Crippen LogP contribution in [0.15, 0.2) is 116 Å². The van der Waals surface area contributed by atoms with Gasteiger partial charge in [-0.3, -0.25) is 5.10 Å². The van der Waals surface area contributed by atoms with Crippen LogP contribution in [-0.2, 0) is 0 Å². The van der Waals surface area contributed by atoms with Crippen molar-refractivity contribution in [1.82, 2.24) is 25.0 Å². The number of rotatable bonds is 8. The lowest BCUT2D eigenvalue weighted by atomic mass is 9.92. The van der Waals surface area contributed by atoms with Gasteiger partial charge in [0.1, 0.15) is 11.3 Å². The molecule has 0 unspecified atom stereocenters. The Morgan fingerprint density at radius 2 is 1.42 bits per heavy atom. The van der Waals surface area contributed by atoms with Crippen molar-refractivity contribution in [3.8, 4) is 33.4 Å². The van der Waals surface area contributed by atoms with Gasteiger partial charge in [-0.1, -0.05) is 66.4 Å².